The van der Waals surface area contributed by atoms with Gasteiger partial charge in [-0.15, -0.1) is 0 Å². The van der Waals surface area contributed by atoms with Crippen LogP contribution in [0.5, 0.6) is 0 Å². The number of allylic oxidation sites excluding steroid dienone is 12. The summed E-state index contributed by atoms with van der Waals surface area (Å²) in [6.45, 7) is 2.80. The predicted octanol–water partition coefficient (Wildman–Crippen LogP) is 18.9. The Labute approximate surface area is 599 Å². The fraction of sp³-hybridized carbons (Fsp3) is 0.845. The summed E-state index contributed by atoms with van der Waals surface area (Å²) in [7, 11) is 0. The number of aliphatic hydroxyl groups excluding tert-OH is 8. The van der Waals surface area contributed by atoms with Crippen molar-refractivity contribution in [1.29, 1.82) is 0 Å². The SMILES string of the molecule is CC/C=C\C/C=C\C/C=C\C/C=C\C/C=C\C/C=C\CCCCCCCCCCCCCCCCC(=O)NC(COC1OC(CO)C(OC2OC(CO)C(O)C(O)C2O)C(O)C1O)C(O)CCCCCCCCCCCCCCCCCCCCCCCCCCCCCCCCC. The average Bonchev–Trinajstić information content (AvgIpc) is 0.793. The summed E-state index contributed by atoms with van der Waals surface area (Å²) in [4.78, 5) is 13.4. The van der Waals surface area contributed by atoms with Crippen molar-refractivity contribution in [3.63, 3.8) is 0 Å². The molecule has 2 aliphatic heterocycles. The van der Waals surface area contributed by atoms with Crippen molar-refractivity contribution < 1.29 is 64.6 Å². The smallest absolute Gasteiger partial charge is 0.220 e. The maximum atomic E-state index is 13.4. The van der Waals surface area contributed by atoms with Gasteiger partial charge in [-0.2, -0.15) is 0 Å². The Hall–Kier alpha value is -2.57. The zero-order valence-corrected chi connectivity index (χ0v) is 62.8. The molecule has 0 saturated carbocycles. The molecule has 12 atom stereocenters. The topological polar surface area (TPSA) is 228 Å². The molecular weight excluding hydrogens is 1230 g/mol. The van der Waals surface area contributed by atoms with Gasteiger partial charge >= 0.3 is 0 Å². The van der Waals surface area contributed by atoms with Crippen LogP contribution in [-0.2, 0) is 23.7 Å². The Morgan fingerprint density at radius 2 is 0.704 bits per heavy atom. The lowest BCUT2D eigenvalue weighted by molar-refractivity contribution is -0.359. The first-order valence-corrected chi connectivity index (χ1v) is 41.2. The Balaban J connectivity index is 1.60. The minimum absolute atomic E-state index is 0.204. The van der Waals surface area contributed by atoms with Gasteiger partial charge in [-0.1, -0.05) is 363 Å². The molecule has 14 nitrogen and oxygen atoms in total. The Kier molecular flexibility index (Phi) is 63.1. The molecule has 9 N–H and O–H groups in total. The molecule has 12 unspecified atom stereocenters. The lowest BCUT2D eigenvalue weighted by Crippen LogP contribution is -2.65. The molecule has 1 amide bonds. The van der Waals surface area contributed by atoms with Crippen molar-refractivity contribution in [2.24, 2.45) is 0 Å². The van der Waals surface area contributed by atoms with Gasteiger partial charge in [0.2, 0.25) is 5.91 Å². The zero-order valence-electron chi connectivity index (χ0n) is 62.8. The second kappa shape index (κ2) is 67.6. The second-order valence-corrected chi connectivity index (χ2v) is 28.9. The number of aliphatic hydroxyl groups is 8. The highest BCUT2D eigenvalue weighted by Crippen LogP contribution is 2.30. The van der Waals surface area contributed by atoms with Crippen LogP contribution in [0, 0.1) is 0 Å². The van der Waals surface area contributed by atoms with Gasteiger partial charge in [-0.05, 0) is 64.2 Å². The van der Waals surface area contributed by atoms with E-state index >= 15 is 0 Å². The van der Waals surface area contributed by atoms with Crippen LogP contribution in [0.2, 0.25) is 0 Å². The van der Waals surface area contributed by atoms with Crippen LogP contribution in [0.3, 0.4) is 0 Å². The third-order valence-electron chi connectivity index (χ3n) is 19.9. The van der Waals surface area contributed by atoms with Gasteiger partial charge in [-0.3, -0.25) is 4.79 Å². The monoisotopic (exact) mass is 1380 g/mol. The van der Waals surface area contributed by atoms with E-state index in [1.54, 1.807) is 0 Å². The maximum Gasteiger partial charge on any atom is 0.220 e. The van der Waals surface area contributed by atoms with E-state index in [4.69, 9.17) is 18.9 Å². The summed E-state index contributed by atoms with van der Waals surface area (Å²) in [5.41, 5.74) is 0. The second-order valence-electron chi connectivity index (χ2n) is 28.9. The van der Waals surface area contributed by atoms with Crippen molar-refractivity contribution in [3.05, 3.63) is 72.9 Å². The largest absolute Gasteiger partial charge is 0.394 e. The number of carbonyl (C=O) groups is 1. The van der Waals surface area contributed by atoms with Crippen LogP contribution < -0.4 is 5.32 Å². The molecule has 0 bridgehead atoms. The standard InChI is InChI=1S/C84H153NO13/c1-3-5-7-9-11-13-15-17-19-21-23-25-27-29-31-33-35-36-38-40-42-44-46-48-50-52-54-56-58-60-62-64-66-68-76(89)85-72(71-95-83-81(94)79(92)82(75(70-87)97-83)98-84-80(93)78(91)77(90)74(69-86)96-84)73(88)67-65-63-61-59-57-55-53-51-49-47-45-43-41-39-37-34-32-30-28-26-24-22-20-18-16-14-12-10-8-6-4-2/h5,7,11,13,17,19,23,25,29,31,35-36,72-75,77-84,86-88,90-94H,3-4,6,8-10,12,14-16,18,20-22,24,26-28,30,32-34,37-71H2,1-2H3,(H,85,89)/b7-5-,13-11-,19-17-,25-23-,31-29-,36-35-. The van der Waals surface area contributed by atoms with E-state index in [0.29, 0.717) is 12.8 Å². The third kappa shape index (κ3) is 49.9. The van der Waals surface area contributed by atoms with Crippen molar-refractivity contribution >= 4 is 5.91 Å². The normalized spacial score (nSPS) is 22.4. The quantitative estimate of drug-likeness (QED) is 0.0204. The molecule has 14 heteroatoms. The van der Waals surface area contributed by atoms with Gasteiger partial charge in [0.1, 0.15) is 48.8 Å². The summed E-state index contributed by atoms with van der Waals surface area (Å²) in [5.74, 6) is -0.204. The van der Waals surface area contributed by atoms with Crippen LogP contribution in [0.1, 0.15) is 361 Å². The number of carbonyl (C=O) groups excluding carboxylic acids is 1. The van der Waals surface area contributed by atoms with Crippen LogP contribution in [0.25, 0.3) is 0 Å². The molecule has 0 aromatic heterocycles. The van der Waals surface area contributed by atoms with Gasteiger partial charge in [0.05, 0.1) is 32.0 Å². The molecule has 0 radical (unpaired) electrons. The number of amides is 1. The van der Waals surface area contributed by atoms with Crippen LogP contribution >= 0.6 is 0 Å². The first-order chi connectivity index (χ1) is 48.1. The number of ether oxygens (including phenoxy) is 4. The van der Waals surface area contributed by atoms with Gasteiger partial charge in [-0.25, -0.2) is 0 Å². The molecule has 0 aromatic carbocycles. The number of nitrogens with one attached hydrogen (secondary N) is 1. The fourth-order valence-corrected chi connectivity index (χ4v) is 13.5. The van der Waals surface area contributed by atoms with Crippen molar-refractivity contribution in [2.45, 2.75) is 434 Å². The molecule has 0 spiro atoms. The van der Waals surface area contributed by atoms with Gasteiger partial charge in [0.15, 0.2) is 12.6 Å². The first-order valence-electron chi connectivity index (χ1n) is 41.2. The molecule has 2 heterocycles. The summed E-state index contributed by atoms with van der Waals surface area (Å²) in [6.07, 6.45) is 76.6. The Morgan fingerprint density at radius 1 is 0.378 bits per heavy atom. The maximum absolute atomic E-state index is 13.4. The molecule has 2 fully saturated rings. The van der Waals surface area contributed by atoms with E-state index in [-0.39, 0.29) is 12.5 Å². The number of hydrogen-bond donors (Lipinski definition) is 9. The molecule has 2 saturated heterocycles. The lowest BCUT2D eigenvalue weighted by atomic mass is 9.97. The number of rotatable bonds is 69. The fourth-order valence-electron chi connectivity index (χ4n) is 13.5. The number of unbranched alkanes of at least 4 members (excludes halogenated alkanes) is 44. The van der Waals surface area contributed by atoms with Crippen LogP contribution in [0.4, 0.5) is 0 Å². The molecule has 2 aliphatic rings. The molecule has 0 aromatic rings. The van der Waals surface area contributed by atoms with Gasteiger partial charge in [0, 0.05) is 6.42 Å². The van der Waals surface area contributed by atoms with E-state index in [1.807, 2.05) is 0 Å². The Bertz CT molecular complexity index is 1920. The average molecular weight is 1390 g/mol. The zero-order chi connectivity index (χ0) is 70.8. The summed E-state index contributed by atoms with van der Waals surface area (Å²) in [5, 5.41) is 87.9. The van der Waals surface area contributed by atoms with Crippen molar-refractivity contribution in [2.75, 3.05) is 19.8 Å². The summed E-state index contributed by atoms with van der Waals surface area (Å²) in [6, 6.07) is -0.835. The van der Waals surface area contributed by atoms with E-state index in [0.717, 1.165) is 89.9 Å². The predicted molar refractivity (Wildman–Crippen MR) is 406 cm³/mol. The van der Waals surface area contributed by atoms with E-state index in [2.05, 4.69) is 92.1 Å². The van der Waals surface area contributed by atoms with Crippen molar-refractivity contribution in [3.8, 4) is 0 Å². The van der Waals surface area contributed by atoms with E-state index < -0.39 is 86.8 Å². The van der Waals surface area contributed by atoms with E-state index in [9.17, 15) is 45.6 Å². The highest BCUT2D eigenvalue weighted by Gasteiger charge is 2.51. The van der Waals surface area contributed by atoms with Gasteiger partial charge < -0.3 is 65.1 Å². The minimum atomic E-state index is -1.79. The first kappa shape index (κ1) is 91.5. The van der Waals surface area contributed by atoms with Gasteiger partial charge in [0.25, 0.3) is 0 Å². The summed E-state index contributed by atoms with van der Waals surface area (Å²) < 4.78 is 23.0. The van der Waals surface area contributed by atoms with Crippen LogP contribution in [0.15, 0.2) is 72.9 Å². The molecule has 98 heavy (non-hydrogen) atoms. The van der Waals surface area contributed by atoms with Crippen LogP contribution in [-0.4, -0.2) is 140 Å². The summed E-state index contributed by atoms with van der Waals surface area (Å²) >= 11 is 0. The number of hydrogen-bond acceptors (Lipinski definition) is 13. The molecule has 2 rings (SSSR count). The Morgan fingerprint density at radius 3 is 1.08 bits per heavy atom. The lowest BCUT2D eigenvalue weighted by Gasteiger charge is -2.46. The van der Waals surface area contributed by atoms with Crippen molar-refractivity contribution in [1.82, 2.24) is 5.32 Å². The molecule has 0 aliphatic carbocycles. The minimum Gasteiger partial charge on any atom is -0.394 e. The molecule has 572 valence electrons. The molecular formula is C84H153NO13. The van der Waals surface area contributed by atoms with E-state index in [1.165, 1.54) is 244 Å². The third-order valence-corrected chi connectivity index (χ3v) is 19.9. The highest BCUT2D eigenvalue weighted by atomic mass is 16.7. The highest BCUT2D eigenvalue weighted by molar-refractivity contribution is 5.76.